The highest BCUT2D eigenvalue weighted by atomic mass is 79.9. The van der Waals surface area contributed by atoms with Gasteiger partial charge in [0.2, 0.25) is 0 Å². The fraction of sp³-hybridized carbons (Fsp3) is 0.417. The number of methoxy groups -OCH3 is 1. The molecule has 5 heteroatoms. The van der Waals surface area contributed by atoms with Crippen molar-refractivity contribution in [1.29, 1.82) is 0 Å². The molecular formula is C12H15BrO3S. The Bertz CT molecular complexity index is 426. The summed E-state index contributed by atoms with van der Waals surface area (Å²) in [5.74, 6) is -0.0932. The van der Waals surface area contributed by atoms with E-state index in [1.54, 1.807) is 26.0 Å². The summed E-state index contributed by atoms with van der Waals surface area (Å²) in [6.07, 6.45) is 0. The van der Waals surface area contributed by atoms with E-state index in [0.29, 0.717) is 4.90 Å². The number of hydrogen-bond acceptors (Lipinski definition) is 3. The molecule has 0 aliphatic carbocycles. The van der Waals surface area contributed by atoms with Gasteiger partial charge in [-0.25, -0.2) is 0 Å². The molecule has 0 aliphatic heterocycles. The van der Waals surface area contributed by atoms with E-state index in [1.165, 1.54) is 7.11 Å². The van der Waals surface area contributed by atoms with E-state index in [0.717, 1.165) is 4.47 Å². The molecule has 0 saturated heterocycles. The average molecular weight is 319 g/mol. The number of ether oxygens (including phenoxy) is 1. The number of esters is 1. The maximum Gasteiger partial charge on any atom is 0.312 e. The van der Waals surface area contributed by atoms with Gasteiger partial charge in [-0.1, -0.05) is 15.9 Å². The minimum absolute atomic E-state index is 0.251. The van der Waals surface area contributed by atoms with Crippen molar-refractivity contribution >= 4 is 32.7 Å². The first-order chi connectivity index (χ1) is 7.86. The van der Waals surface area contributed by atoms with Gasteiger partial charge in [0.1, 0.15) is 0 Å². The van der Waals surface area contributed by atoms with E-state index in [9.17, 15) is 9.00 Å². The first-order valence-corrected chi connectivity index (χ1v) is 7.20. The lowest BCUT2D eigenvalue weighted by Gasteiger charge is -2.20. The quantitative estimate of drug-likeness (QED) is 0.802. The lowest BCUT2D eigenvalue weighted by atomic mass is 9.97. The molecule has 0 fully saturated rings. The third-order valence-electron chi connectivity index (χ3n) is 2.31. The smallest absolute Gasteiger partial charge is 0.312 e. The van der Waals surface area contributed by atoms with Gasteiger partial charge < -0.3 is 4.74 Å². The summed E-state index contributed by atoms with van der Waals surface area (Å²) >= 11 is 3.32. The molecule has 1 aromatic carbocycles. The molecule has 0 radical (unpaired) electrons. The van der Waals surface area contributed by atoms with Crippen LogP contribution in [0.5, 0.6) is 0 Å². The van der Waals surface area contributed by atoms with Crippen molar-refractivity contribution in [2.75, 3.05) is 12.9 Å². The molecule has 0 spiro atoms. The van der Waals surface area contributed by atoms with Crippen molar-refractivity contribution in [1.82, 2.24) is 0 Å². The largest absolute Gasteiger partial charge is 0.469 e. The molecule has 0 aromatic heterocycles. The second-order valence-corrected chi connectivity index (χ2v) is 6.69. The maximum atomic E-state index is 12.1. The van der Waals surface area contributed by atoms with Crippen LogP contribution in [-0.4, -0.2) is 23.0 Å². The average Bonchev–Trinajstić information content (AvgIpc) is 2.28. The van der Waals surface area contributed by atoms with Gasteiger partial charge in [-0.15, -0.1) is 0 Å². The van der Waals surface area contributed by atoms with Crippen LogP contribution in [0.4, 0.5) is 0 Å². The predicted octanol–water partition coefficient (Wildman–Crippen LogP) is 2.76. The van der Waals surface area contributed by atoms with E-state index < -0.39 is 16.2 Å². The van der Waals surface area contributed by atoms with Gasteiger partial charge in [0, 0.05) is 15.1 Å². The lowest BCUT2D eigenvalue weighted by Crippen LogP contribution is -2.31. The van der Waals surface area contributed by atoms with Gasteiger partial charge in [0.25, 0.3) is 0 Å². The van der Waals surface area contributed by atoms with Crippen molar-refractivity contribution < 1.29 is 13.7 Å². The van der Waals surface area contributed by atoms with E-state index in [4.69, 9.17) is 0 Å². The minimum atomic E-state index is -1.20. The standard InChI is InChI=1S/C12H15BrO3S/c1-12(2,11(14)16-3)8-17(15)10-6-4-9(13)5-7-10/h4-7H,8H2,1-3H3. The molecule has 3 nitrogen and oxygen atoms in total. The minimum Gasteiger partial charge on any atom is -0.469 e. The van der Waals surface area contributed by atoms with E-state index >= 15 is 0 Å². The van der Waals surface area contributed by atoms with Crippen LogP contribution in [0.3, 0.4) is 0 Å². The molecule has 17 heavy (non-hydrogen) atoms. The zero-order valence-electron chi connectivity index (χ0n) is 10.0. The Kier molecular flexibility index (Phi) is 4.89. The van der Waals surface area contributed by atoms with Crippen LogP contribution in [0.1, 0.15) is 13.8 Å². The highest BCUT2D eigenvalue weighted by Gasteiger charge is 2.31. The van der Waals surface area contributed by atoms with Crippen molar-refractivity contribution in [3.05, 3.63) is 28.7 Å². The molecular weight excluding hydrogens is 304 g/mol. The summed E-state index contributed by atoms with van der Waals surface area (Å²) in [6.45, 7) is 3.46. The van der Waals surface area contributed by atoms with Gasteiger partial charge in [0.05, 0.1) is 23.3 Å². The summed E-state index contributed by atoms with van der Waals surface area (Å²) in [4.78, 5) is 12.2. The van der Waals surface area contributed by atoms with E-state index in [1.807, 2.05) is 12.1 Å². The fourth-order valence-corrected chi connectivity index (χ4v) is 2.98. The Labute approximate surface area is 112 Å². The third kappa shape index (κ3) is 3.92. The van der Waals surface area contributed by atoms with Gasteiger partial charge in [-0.05, 0) is 38.1 Å². The van der Waals surface area contributed by atoms with Gasteiger partial charge in [-0.3, -0.25) is 9.00 Å². The molecule has 0 saturated carbocycles. The highest BCUT2D eigenvalue weighted by molar-refractivity contribution is 9.10. The summed E-state index contributed by atoms with van der Waals surface area (Å²) < 4.78 is 17.7. The van der Waals surface area contributed by atoms with E-state index in [2.05, 4.69) is 20.7 Å². The number of rotatable bonds is 4. The molecule has 0 bridgehead atoms. The molecule has 0 heterocycles. The highest BCUT2D eigenvalue weighted by Crippen LogP contribution is 2.22. The van der Waals surface area contributed by atoms with Crippen LogP contribution < -0.4 is 0 Å². The molecule has 1 rings (SSSR count). The zero-order chi connectivity index (χ0) is 13.1. The second-order valence-electron chi connectivity index (χ2n) is 4.32. The molecule has 0 aliphatic rings. The molecule has 1 atom stereocenters. The van der Waals surface area contributed by atoms with Crippen LogP contribution in [0.15, 0.2) is 33.6 Å². The van der Waals surface area contributed by atoms with Crippen LogP contribution in [0.25, 0.3) is 0 Å². The first kappa shape index (κ1) is 14.4. The van der Waals surface area contributed by atoms with Crippen molar-refractivity contribution in [2.24, 2.45) is 5.41 Å². The molecule has 1 unspecified atom stereocenters. The van der Waals surface area contributed by atoms with Crippen molar-refractivity contribution in [2.45, 2.75) is 18.7 Å². The summed E-state index contributed by atoms with van der Waals surface area (Å²) in [5, 5.41) is 0. The Hall–Kier alpha value is -0.680. The number of carbonyl (C=O) groups excluding carboxylic acids is 1. The third-order valence-corrected chi connectivity index (χ3v) is 4.62. The number of hydrogen-bond donors (Lipinski definition) is 0. The number of halogens is 1. The SMILES string of the molecule is COC(=O)C(C)(C)CS(=O)c1ccc(Br)cc1. The summed E-state index contributed by atoms with van der Waals surface area (Å²) in [7, 11) is 0.135. The summed E-state index contributed by atoms with van der Waals surface area (Å²) in [6, 6.07) is 7.23. The van der Waals surface area contributed by atoms with Gasteiger partial charge in [0.15, 0.2) is 0 Å². The first-order valence-electron chi connectivity index (χ1n) is 5.09. The number of benzene rings is 1. The van der Waals surface area contributed by atoms with Crippen LogP contribution in [0.2, 0.25) is 0 Å². The molecule has 0 N–H and O–H groups in total. The fourth-order valence-electron chi connectivity index (χ4n) is 1.33. The van der Waals surface area contributed by atoms with Gasteiger partial charge in [-0.2, -0.15) is 0 Å². The monoisotopic (exact) mass is 318 g/mol. The molecule has 1 aromatic rings. The Morgan fingerprint density at radius 3 is 2.35 bits per heavy atom. The van der Waals surface area contributed by atoms with Crippen LogP contribution in [0, 0.1) is 5.41 Å². The second kappa shape index (κ2) is 5.78. The van der Waals surface area contributed by atoms with Crippen LogP contribution in [-0.2, 0) is 20.3 Å². The zero-order valence-corrected chi connectivity index (χ0v) is 12.4. The maximum absolute atomic E-state index is 12.1. The number of carbonyl (C=O) groups is 1. The summed E-state index contributed by atoms with van der Waals surface area (Å²) in [5.41, 5.74) is -0.743. The lowest BCUT2D eigenvalue weighted by molar-refractivity contribution is -0.149. The Morgan fingerprint density at radius 1 is 1.35 bits per heavy atom. The Balaban J connectivity index is 2.79. The Morgan fingerprint density at radius 2 is 1.88 bits per heavy atom. The van der Waals surface area contributed by atoms with Crippen molar-refractivity contribution in [3.63, 3.8) is 0 Å². The predicted molar refractivity (Wildman–Crippen MR) is 71.2 cm³/mol. The van der Waals surface area contributed by atoms with Gasteiger partial charge >= 0.3 is 5.97 Å². The normalized spacial score (nSPS) is 13.2. The van der Waals surface area contributed by atoms with Crippen molar-refractivity contribution in [3.8, 4) is 0 Å². The molecule has 94 valence electrons. The van der Waals surface area contributed by atoms with E-state index in [-0.39, 0.29) is 11.7 Å². The molecule has 0 amide bonds. The van der Waals surface area contributed by atoms with Crippen LogP contribution >= 0.6 is 15.9 Å². The topological polar surface area (TPSA) is 43.4 Å².